The molecule has 4 heteroatoms. The van der Waals surface area contributed by atoms with Gasteiger partial charge < -0.3 is 4.90 Å². The van der Waals surface area contributed by atoms with Crippen LogP contribution < -0.4 is 4.90 Å². The van der Waals surface area contributed by atoms with E-state index in [2.05, 4.69) is 47.0 Å². The first kappa shape index (κ1) is 12.7. The lowest BCUT2D eigenvalue weighted by atomic mass is 10.2. The minimum atomic E-state index is 0.532. The monoisotopic (exact) mass is 275 g/mol. The van der Waals surface area contributed by atoms with E-state index in [1.54, 1.807) is 0 Å². The second kappa shape index (κ2) is 4.97. The lowest BCUT2D eigenvalue weighted by Crippen LogP contribution is -2.17. The minimum absolute atomic E-state index is 0.532. The maximum absolute atomic E-state index is 6.32. The van der Waals surface area contributed by atoms with Gasteiger partial charge in [0, 0.05) is 30.6 Å². The fourth-order valence-corrected chi connectivity index (χ4v) is 2.56. The quantitative estimate of drug-likeness (QED) is 0.790. The molecule has 0 atom stereocenters. The maximum atomic E-state index is 6.32. The van der Waals surface area contributed by atoms with Crippen LogP contribution in [0.4, 0.5) is 5.69 Å². The average Bonchev–Trinajstić information content (AvgIpc) is 3.23. The molecule has 0 unspecified atom stereocenters. The molecule has 1 fully saturated rings. The lowest BCUT2D eigenvalue weighted by Gasteiger charge is -2.18. The third-order valence-corrected chi connectivity index (χ3v) is 3.88. The van der Waals surface area contributed by atoms with Crippen LogP contribution in [0.5, 0.6) is 0 Å². The predicted molar refractivity (Wildman–Crippen MR) is 80.1 cm³/mol. The van der Waals surface area contributed by atoms with Crippen molar-refractivity contribution in [2.45, 2.75) is 32.1 Å². The van der Waals surface area contributed by atoms with E-state index in [-0.39, 0.29) is 0 Å². The topological polar surface area (TPSA) is 29.0 Å². The van der Waals surface area contributed by atoms with E-state index in [9.17, 15) is 0 Å². The zero-order valence-corrected chi connectivity index (χ0v) is 12.1. The zero-order chi connectivity index (χ0) is 13.4. The summed E-state index contributed by atoms with van der Waals surface area (Å²) in [6.07, 6.45) is 3.51. The molecule has 2 aromatic rings. The summed E-state index contributed by atoms with van der Waals surface area (Å²) >= 11 is 6.32. The molecule has 0 saturated heterocycles. The van der Waals surface area contributed by atoms with Crippen LogP contribution in [-0.4, -0.2) is 23.6 Å². The van der Waals surface area contributed by atoms with Crippen molar-refractivity contribution in [1.29, 1.82) is 0 Å². The molecule has 1 saturated carbocycles. The van der Waals surface area contributed by atoms with Crippen LogP contribution in [0.1, 0.15) is 37.9 Å². The second-order valence-electron chi connectivity index (χ2n) is 5.27. The second-order valence-corrected chi connectivity index (χ2v) is 5.63. The molecular formula is C15H18ClN3. The Balaban J connectivity index is 2.03. The maximum Gasteiger partial charge on any atom is 0.140 e. The van der Waals surface area contributed by atoms with E-state index in [0.29, 0.717) is 11.1 Å². The summed E-state index contributed by atoms with van der Waals surface area (Å²) in [6.45, 7) is 3.21. The first-order valence-electron chi connectivity index (χ1n) is 6.87. The first-order valence-corrected chi connectivity index (χ1v) is 7.25. The first-order chi connectivity index (χ1) is 9.19. The molecule has 3 rings (SSSR count). The number of rotatable bonds is 4. The number of anilines is 1. The Morgan fingerprint density at radius 3 is 2.79 bits per heavy atom. The third-order valence-electron chi connectivity index (χ3n) is 3.59. The number of hydrogen-bond acceptors (Lipinski definition) is 3. The fraction of sp³-hybridized carbons (Fsp3) is 0.467. The Kier molecular flexibility index (Phi) is 3.31. The molecule has 1 heterocycles. The summed E-state index contributed by atoms with van der Waals surface area (Å²) in [6, 6.07) is 6.25. The van der Waals surface area contributed by atoms with Crippen molar-refractivity contribution in [3.05, 3.63) is 29.2 Å². The van der Waals surface area contributed by atoms with Crippen LogP contribution in [0.2, 0.25) is 5.15 Å². The number of halogens is 1. The molecule has 1 aliphatic rings. The van der Waals surface area contributed by atoms with Crippen LogP contribution in [0.3, 0.4) is 0 Å². The summed E-state index contributed by atoms with van der Waals surface area (Å²) in [7, 11) is 2.10. The Morgan fingerprint density at radius 1 is 1.32 bits per heavy atom. The van der Waals surface area contributed by atoms with Gasteiger partial charge in [0.25, 0.3) is 0 Å². The highest BCUT2D eigenvalue weighted by atomic mass is 35.5. The Morgan fingerprint density at radius 2 is 2.11 bits per heavy atom. The Bertz CT molecular complexity index is 608. The van der Waals surface area contributed by atoms with Crippen LogP contribution >= 0.6 is 11.6 Å². The summed E-state index contributed by atoms with van der Waals surface area (Å²) in [5.74, 6) is 1.44. The number of hydrogen-bond donors (Lipinski definition) is 0. The Hall–Kier alpha value is -1.35. The number of aromatic nitrogens is 2. The molecule has 0 aliphatic heterocycles. The van der Waals surface area contributed by atoms with E-state index in [1.807, 2.05) is 0 Å². The van der Waals surface area contributed by atoms with E-state index in [4.69, 9.17) is 11.6 Å². The lowest BCUT2D eigenvalue weighted by molar-refractivity contribution is 0.852. The van der Waals surface area contributed by atoms with Crippen molar-refractivity contribution in [3.8, 4) is 0 Å². The van der Waals surface area contributed by atoms with E-state index < -0.39 is 0 Å². The SMILES string of the molecule is CCCN(C)c1ccc2nc(C3CC3)nc(Cl)c2c1. The number of nitrogens with zero attached hydrogens (tertiary/aromatic N) is 3. The van der Waals surface area contributed by atoms with Crippen LogP contribution in [0.25, 0.3) is 10.9 Å². The van der Waals surface area contributed by atoms with Gasteiger partial charge in [-0.1, -0.05) is 18.5 Å². The van der Waals surface area contributed by atoms with Gasteiger partial charge in [0.2, 0.25) is 0 Å². The van der Waals surface area contributed by atoms with Crippen LogP contribution in [-0.2, 0) is 0 Å². The number of benzene rings is 1. The normalized spacial score (nSPS) is 14.9. The molecule has 0 amide bonds. The molecule has 100 valence electrons. The van der Waals surface area contributed by atoms with Crippen molar-refractivity contribution in [2.24, 2.45) is 0 Å². The Labute approximate surface area is 118 Å². The van der Waals surface area contributed by atoms with Crippen LogP contribution in [0.15, 0.2) is 18.2 Å². The van der Waals surface area contributed by atoms with Gasteiger partial charge in [-0.2, -0.15) is 0 Å². The van der Waals surface area contributed by atoms with Gasteiger partial charge in [-0.15, -0.1) is 0 Å². The third kappa shape index (κ3) is 2.52. The molecule has 0 radical (unpaired) electrons. The van der Waals surface area contributed by atoms with Gasteiger partial charge in [-0.05, 0) is 37.5 Å². The molecule has 1 aromatic carbocycles. The predicted octanol–water partition coefficient (Wildman–Crippen LogP) is 4.01. The van der Waals surface area contributed by atoms with Gasteiger partial charge in [0.1, 0.15) is 11.0 Å². The molecule has 1 aromatic heterocycles. The van der Waals surface area contributed by atoms with Crippen molar-refractivity contribution < 1.29 is 0 Å². The van der Waals surface area contributed by atoms with Gasteiger partial charge >= 0.3 is 0 Å². The molecule has 3 nitrogen and oxygen atoms in total. The van der Waals surface area contributed by atoms with E-state index in [0.717, 1.165) is 29.7 Å². The van der Waals surface area contributed by atoms with Gasteiger partial charge in [0.05, 0.1) is 5.52 Å². The average molecular weight is 276 g/mol. The molecular weight excluding hydrogens is 258 g/mol. The fourth-order valence-electron chi connectivity index (χ4n) is 2.32. The van der Waals surface area contributed by atoms with E-state index >= 15 is 0 Å². The summed E-state index contributed by atoms with van der Waals surface area (Å²) in [5.41, 5.74) is 2.12. The molecule has 0 N–H and O–H groups in total. The molecule has 19 heavy (non-hydrogen) atoms. The van der Waals surface area contributed by atoms with E-state index in [1.165, 1.54) is 18.5 Å². The molecule has 0 bridgehead atoms. The summed E-state index contributed by atoms with van der Waals surface area (Å²) in [5, 5.41) is 1.53. The zero-order valence-electron chi connectivity index (χ0n) is 11.4. The van der Waals surface area contributed by atoms with Crippen molar-refractivity contribution >= 4 is 28.2 Å². The molecule has 1 aliphatic carbocycles. The van der Waals surface area contributed by atoms with Gasteiger partial charge in [0.15, 0.2) is 0 Å². The van der Waals surface area contributed by atoms with Gasteiger partial charge in [-0.3, -0.25) is 0 Å². The van der Waals surface area contributed by atoms with Crippen LogP contribution in [0, 0.1) is 0 Å². The summed E-state index contributed by atoms with van der Waals surface area (Å²) < 4.78 is 0. The van der Waals surface area contributed by atoms with Crippen molar-refractivity contribution in [3.63, 3.8) is 0 Å². The highest BCUT2D eigenvalue weighted by Crippen LogP contribution is 2.39. The highest BCUT2D eigenvalue weighted by Gasteiger charge is 2.27. The standard InChI is InChI=1S/C15H18ClN3/c1-3-8-19(2)11-6-7-13-12(9-11)14(16)18-15(17-13)10-4-5-10/h6-7,9-10H,3-5,8H2,1-2H3. The molecule has 0 spiro atoms. The van der Waals surface area contributed by atoms with Gasteiger partial charge in [-0.25, -0.2) is 9.97 Å². The minimum Gasteiger partial charge on any atom is -0.375 e. The van der Waals surface area contributed by atoms with Crippen molar-refractivity contribution in [1.82, 2.24) is 9.97 Å². The number of fused-ring (bicyclic) bond motifs is 1. The van der Waals surface area contributed by atoms with Crippen molar-refractivity contribution in [2.75, 3.05) is 18.5 Å². The summed E-state index contributed by atoms with van der Waals surface area (Å²) in [4.78, 5) is 11.3. The largest absolute Gasteiger partial charge is 0.375 e. The smallest absolute Gasteiger partial charge is 0.140 e. The highest BCUT2D eigenvalue weighted by molar-refractivity contribution is 6.34.